The van der Waals surface area contributed by atoms with Crippen molar-refractivity contribution in [1.29, 1.82) is 0 Å². The maximum atomic E-state index is 13.0. The molecule has 1 heterocycles. The second-order valence-electron chi connectivity index (χ2n) is 8.55. The van der Waals surface area contributed by atoms with Crippen LogP contribution in [0.3, 0.4) is 0 Å². The standard InChI is InChI=1S/C29H22Cl2N4O2S/c1-19-6-5-7-22(16-19)35-28(25-15-10-20(30)17-26(25)31)33-34(29(35)38)18-27(36)32-21-11-13-24(14-12-21)37-23-8-3-2-4-9-23/h2-17H,18H2,1H3,(H,32,36). The number of halogens is 2. The van der Waals surface area contributed by atoms with Gasteiger partial charge in [0.1, 0.15) is 18.0 Å². The zero-order valence-electron chi connectivity index (χ0n) is 20.3. The highest BCUT2D eigenvalue weighted by Gasteiger charge is 2.19. The van der Waals surface area contributed by atoms with Gasteiger partial charge < -0.3 is 10.1 Å². The van der Waals surface area contributed by atoms with Crippen molar-refractivity contribution in [2.75, 3.05) is 5.32 Å². The first-order chi connectivity index (χ1) is 18.4. The van der Waals surface area contributed by atoms with E-state index in [9.17, 15) is 4.79 Å². The molecule has 5 aromatic rings. The van der Waals surface area contributed by atoms with E-state index in [2.05, 4.69) is 10.4 Å². The summed E-state index contributed by atoms with van der Waals surface area (Å²) in [6.45, 7) is 1.91. The summed E-state index contributed by atoms with van der Waals surface area (Å²) in [5, 5.41) is 8.52. The second kappa shape index (κ2) is 11.2. The minimum absolute atomic E-state index is 0.0852. The normalized spacial score (nSPS) is 10.8. The van der Waals surface area contributed by atoms with Crippen LogP contribution in [0.15, 0.2) is 97.1 Å². The van der Waals surface area contributed by atoms with Crippen LogP contribution in [0, 0.1) is 11.7 Å². The molecule has 0 atom stereocenters. The average molecular weight is 561 g/mol. The lowest BCUT2D eigenvalue weighted by molar-refractivity contribution is -0.116. The summed E-state index contributed by atoms with van der Waals surface area (Å²) in [5.41, 5.74) is 3.15. The largest absolute Gasteiger partial charge is 0.457 e. The Morgan fingerprint density at radius 1 is 0.921 bits per heavy atom. The van der Waals surface area contributed by atoms with Gasteiger partial charge in [-0.3, -0.25) is 9.36 Å². The number of aryl methyl sites for hydroxylation is 1. The maximum Gasteiger partial charge on any atom is 0.246 e. The summed E-state index contributed by atoms with van der Waals surface area (Å²) in [5.74, 6) is 1.63. The molecule has 0 aliphatic heterocycles. The fourth-order valence-electron chi connectivity index (χ4n) is 3.92. The number of carbonyl (C=O) groups excluding carboxylic acids is 1. The molecule has 0 spiro atoms. The molecule has 1 aromatic heterocycles. The highest BCUT2D eigenvalue weighted by atomic mass is 35.5. The molecule has 0 saturated heterocycles. The van der Waals surface area contributed by atoms with E-state index >= 15 is 0 Å². The molecule has 4 aromatic carbocycles. The van der Waals surface area contributed by atoms with E-state index in [1.807, 2.05) is 61.5 Å². The van der Waals surface area contributed by atoms with Gasteiger partial charge in [-0.05, 0) is 91.4 Å². The molecule has 6 nitrogen and oxygen atoms in total. The Bertz CT molecular complexity index is 1660. The average Bonchev–Trinajstić information content (AvgIpc) is 3.21. The highest BCUT2D eigenvalue weighted by Crippen LogP contribution is 2.31. The summed E-state index contributed by atoms with van der Waals surface area (Å²) in [6.07, 6.45) is 0. The number of amides is 1. The van der Waals surface area contributed by atoms with Gasteiger partial charge in [-0.15, -0.1) is 0 Å². The number of hydrogen-bond acceptors (Lipinski definition) is 4. The molecule has 0 bridgehead atoms. The lowest BCUT2D eigenvalue weighted by Gasteiger charge is -2.09. The van der Waals surface area contributed by atoms with E-state index in [1.54, 1.807) is 47.0 Å². The fraction of sp³-hybridized carbons (Fsp3) is 0.0690. The van der Waals surface area contributed by atoms with Crippen molar-refractivity contribution in [3.8, 4) is 28.6 Å². The molecular formula is C29H22Cl2N4O2S. The maximum absolute atomic E-state index is 13.0. The molecule has 0 aliphatic carbocycles. The Kier molecular flexibility index (Phi) is 7.60. The molecular weight excluding hydrogens is 539 g/mol. The predicted molar refractivity (Wildman–Crippen MR) is 154 cm³/mol. The van der Waals surface area contributed by atoms with Crippen LogP contribution >= 0.6 is 35.4 Å². The predicted octanol–water partition coefficient (Wildman–Crippen LogP) is 8.12. The molecule has 38 heavy (non-hydrogen) atoms. The molecule has 0 aliphatic rings. The van der Waals surface area contributed by atoms with Gasteiger partial charge in [0, 0.05) is 16.3 Å². The van der Waals surface area contributed by atoms with Crippen molar-refractivity contribution in [2.45, 2.75) is 13.5 Å². The van der Waals surface area contributed by atoms with Crippen LogP contribution in [0.2, 0.25) is 10.0 Å². The van der Waals surface area contributed by atoms with E-state index in [0.717, 1.165) is 17.0 Å². The zero-order chi connectivity index (χ0) is 26.6. The second-order valence-corrected chi connectivity index (χ2v) is 9.76. The number of aromatic nitrogens is 3. The van der Waals surface area contributed by atoms with Gasteiger partial charge in [0.2, 0.25) is 10.7 Å². The summed E-state index contributed by atoms with van der Waals surface area (Å²) in [6, 6.07) is 29.7. The van der Waals surface area contributed by atoms with Crippen molar-refractivity contribution in [3.05, 3.63) is 117 Å². The number of hydrogen-bond donors (Lipinski definition) is 1. The Morgan fingerprint density at radius 2 is 1.66 bits per heavy atom. The molecule has 0 saturated carbocycles. The monoisotopic (exact) mass is 560 g/mol. The number of ether oxygens (including phenoxy) is 1. The van der Waals surface area contributed by atoms with Crippen molar-refractivity contribution < 1.29 is 9.53 Å². The lowest BCUT2D eigenvalue weighted by Crippen LogP contribution is -2.19. The van der Waals surface area contributed by atoms with Crippen molar-refractivity contribution in [3.63, 3.8) is 0 Å². The molecule has 9 heteroatoms. The molecule has 0 fully saturated rings. The van der Waals surface area contributed by atoms with Crippen LogP contribution in [0.1, 0.15) is 5.56 Å². The van der Waals surface area contributed by atoms with Gasteiger partial charge in [-0.2, -0.15) is 5.10 Å². The summed E-state index contributed by atoms with van der Waals surface area (Å²) in [7, 11) is 0. The molecule has 1 amide bonds. The first-order valence-electron chi connectivity index (χ1n) is 11.7. The van der Waals surface area contributed by atoms with Crippen LogP contribution in [0.25, 0.3) is 17.1 Å². The van der Waals surface area contributed by atoms with Gasteiger partial charge >= 0.3 is 0 Å². The topological polar surface area (TPSA) is 61.1 Å². The van der Waals surface area contributed by atoms with Gasteiger partial charge in [0.25, 0.3) is 0 Å². The quantitative estimate of drug-likeness (QED) is 0.204. The number of nitrogens with one attached hydrogen (secondary N) is 1. The minimum Gasteiger partial charge on any atom is -0.457 e. The Hall–Kier alpha value is -3.91. The van der Waals surface area contributed by atoms with E-state index in [1.165, 1.54) is 4.68 Å². The van der Waals surface area contributed by atoms with E-state index in [0.29, 0.717) is 37.6 Å². The number of anilines is 1. The minimum atomic E-state index is -0.277. The van der Waals surface area contributed by atoms with Crippen LogP contribution in [0.4, 0.5) is 5.69 Å². The van der Waals surface area contributed by atoms with Gasteiger partial charge in [0.05, 0.1) is 10.7 Å². The summed E-state index contributed by atoms with van der Waals surface area (Å²) < 4.78 is 9.46. The first-order valence-corrected chi connectivity index (χ1v) is 12.9. The number of nitrogens with zero attached hydrogens (tertiary/aromatic N) is 3. The van der Waals surface area contributed by atoms with Crippen LogP contribution < -0.4 is 10.1 Å². The summed E-state index contributed by atoms with van der Waals surface area (Å²) in [4.78, 5) is 13.0. The number of rotatable bonds is 7. The van der Waals surface area contributed by atoms with Crippen molar-refractivity contribution in [2.24, 2.45) is 0 Å². The Balaban J connectivity index is 1.40. The van der Waals surface area contributed by atoms with E-state index < -0.39 is 0 Å². The molecule has 5 rings (SSSR count). The van der Waals surface area contributed by atoms with Gasteiger partial charge in [-0.1, -0.05) is 53.5 Å². The Morgan fingerprint density at radius 3 is 2.37 bits per heavy atom. The SMILES string of the molecule is Cc1cccc(-n2c(-c3ccc(Cl)cc3Cl)nn(CC(=O)Nc3ccc(Oc4ccccc4)cc3)c2=S)c1. The van der Waals surface area contributed by atoms with Crippen LogP contribution in [0.5, 0.6) is 11.5 Å². The summed E-state index contributed by atoms with van der Waals surface area (Å²) >= 11 is 18.4. The van der Waals surface area contributed by atoms with Gasteiger partial charge in [-0.25, -0.2) is 4.68 Å². The van der Waals surface area contributed by atoms with Crippen LogP contribution in [-0.4, -0.2) is 20.3 Å². The third-order valence-electron chi connectivity index (χ3n) is 5.68. The molecule has 0 radical (unpaired) electrons. The van der Waals surface area contributed by atoms with Crippen molar-refractivity contribution >= 4 is 47.0 Å². The fourth-order valence-corrected chi connectivity index (χ4v) is 4.71. The third kappa shape index (κ3) is 5.81. The highest BCUT2D eigenvalue weighted by molar-refractivity contribution is 7.71. The molecule has 0 unspecified atom stereocenters. The van der Waals surface area contributed by atoms with Crippen LogP contribution in [-0.2, 0) is 11.3 Å². The van der Waals surface area contributed by atoms with Gasteiger partial charge in [0.15, 0.2) is 5.82 Å². The van der Waals surface area contributed by atoms with Crippen molar-refractivity contribution in [1.82, 2.24) is 14.3 Å². The number of carbonyl (C=O) groups is 1. The molecule has 190 valence electrons. The Labute approximate surface area is 235 Å². The smallest absolute Gasteiger partial charge is 0.246 e. The number of para-hydroxylation sites is 1. The third-order valence-corrected chi connectivity index (χ3v) is 6.62. The van der Waals surface area contributed by atoms with E-state index in [-0.39, 0.29) is 12.5 Å². The number of benzene rings is 4. The lowest BCUT2D eigenvalue weighted by atomic mass is 10.2. The zero-order valence-corrected chi connectivity index (χ0v) is 22.6. The van der Waals surface area contributed by atoms with E-state index in [4.69, 9.17) is 40.2 Å². The first kappa shape index (κ1) is 25.7. The molecule has 1 N–H and O–H groups in total.